The van der Waals surface area contributed by atoms with Crippen LogP contribution in [0, 0.1) is 6.92 Å². The molecule has 0 bridgehead atoms. The number of pyridine rings is 1. The molecule has 4 nitrogen and oxygen atoms in total. The Morgan fingerprint density at radius 1 is 1.42 bits per heavy atom. The average molecular weight is 262 g/mol. The smallest absolute Gasteiger partial charge is 0.0825 e. The Kier molecular flexibility index (Phi) is 3.82. The molecule has 0 radical (unpaired) electrons. The molecular weight excluding hydrogens is 240 g/mol. The molecule has 104 valence electrons. The van der Waals surface area contributed by atoms with Crippen LogP contribution >= 0.6 is 0 Å². The van der Waals surface area contributed by atoms with Gasteiger partial charge in [-0.2, -0.15) is 0 Å². The molecule has 19 heavy (non-hydrogen) atoms. The number of nitrogens with zero attached hydrogens (tertiary/aromatic N) is 2. The molecule has 3 rings (SSSR count). The summed E-state index contributed by atoms with van der Waals surface area (Å²) >= 11 is 0. The molecule has 0 aliphatic carbocycles. The van der Waals surface area contributed by atoms with Gasteiger partial charge in [-0.3, -0.25) is 9.88 Å². The van der Waals surface area contributed by atoms with Gasteiger partial charge in [0.1, 0.15) is 0 Å². The summed E-state index contributed by atoms with van der Waals surface area (Å²) in [5.74, 6) is 0.530. The van der Waals surface area contributed by atoms with Gasteiger partial charge in [0, 0.05) is 45.0 Å². The number of ether oxygens (including phenoxy) is 2. The van der Waals surface area contributed by atoms with Crippen LogP contribution in [-0.4, -0.2) is 49.4 Å². The van der Waals surface area contributed by atoms with Crippen LogP contribution in [-0.2, 0) is 16.0 Å². The molecular formula is C15H22N2O2. The van der Waals surface area contributed by atoms with E-state index in [4.69, 9.17) is 14.5 Å². The van der Waals surface area contributed by atoms with Gasteiger partial charge in [-0.1, -0.05) is 6.07 Å². The Bertz CT molecular complexity index is 438. The first-order valence-corrected chi connectivity index (χ1v) is 7.05. The third-order valence-electron chi connectivity index (χ3n) is 4.15. The van der Waals surface area contributed by atoms with E-state index in [0.29, 0.717) is 12.0 Å². The van der Waals surface area contributed by atoms with Gasteiger partial charge in [0.05, 0.1) is 18.4 Å². The zero-order chi connectivity index (χ0) is 13.2. The summed E-state index contributed by atoms with van der Waals surface area (Å²) in [6, 6.07) is 4.36. The third kappa shape index (κ3) is 2.81. The number of likely N-dealkylation sites (tertiary alicyclic amines) is 1. The third-order valence-corrected chi connectivity index (χ3v) is 4.15. The summed E-state index contributed by atoms with van der Waals surface area (Å²) in [7, 11) is 1.79. The quantitative estimate of drug-likeness (QED) is 0.827. The highest BCUT2D eigenvalue weighted by molar-refractivity contribution is 5.27. The van der Waals surface area contributed by atoms with E-state index in [-0.39, 0.29) is 0 Å². The maximum absolute atomic E-state index is 5.52. The molecule has 0 amide bonds. The Hall–Kier alpha value is -0.970. The molecule has 0 saturated carbocycles. The summed E-state index contributed by atoms with van der Waals surface area (Å²) in [6.45, 7) is 6.77. The van der Waals surface area contributed by atoms with E-state index in [1.807, 2.05) is 0 Å². The molecule has 1 unspecified atom stereocenters. The fourth-order valence-corrected chi connectivity index (χ4v) is 2.91. The molecule has 3 heterocycles. The lowest BCUT2D eigenvalue weighted by molar-refractivity contribution is -0.0340. The highest BCUT2D eigenvalue weighted by Crippen LogP contribution is 2.29. The molecule has 1 aromatic heterocycles. The predicted molar refractivity (Wildman–Crippen MR) is 73.2 cm³/mol. The van der Waals surface area contributed by atoms with Crippen molar-refractivity contribution in [3.63, 3.8) is 0 Å². The minimum Gasteiger partial charge on any atom is -0.381 e. The van der Waals surface area contributed by atoms with Gasteiger partial charge in [0.15, 0.2) is 0 Å². The second-order valence-corrected chi connectivity index (χ2v) is 5.60. The van der Waals surface area contributed by atoms with Crippen molar-refractivity contribution in [3.8, 4) is 0 Å². The monoisotopic (exact) mass is 262 g/mol. The number of methoxy groups -OCH3 is 1. The Labute approximate surface area is 114 Å². The van der Waals surface area contributed by atoms with Gasteiger partial charge in [0.2, 0.25) is 0 Å². The van der Waals surface area contributed by atoms with Crippen LogP contribution in [0.5, 0.6) is 0 Å². The number of aromatic nitrogens is 1. The van der Waals surface area contributed by atoms with Crippen LogP contribution in [0.1, 0.15) is 29.3 Å². The molecule has 1 atom stereocenters. The van der Waals surface area contributed by atoms with Crippen LogP contribution in [0.4, 0.5) is 0 Å². The number of aryl methyl sites for hydroxylation is 1. The van der Waals surface area contributed by atoms with Crippen molar-refractivity contribution in [2.45, 2.75) is 31.9 Å². The van der Waals surface area contributed by atoms with Crippen LogP contribution in [0.3, 0.4) is 0 Å². The molecule has 2 aliphatic rings. The molecule has 1 aromatic rings. The second kappa shape index (κ2) is 5.57. The highest BCUT2D eigenvalue weighted by atomic mass is 16.5. The Morgan fingerprint density at radius 2 is 2.26 bits per heavy atom. The van der Waals surface area contributed by atoms with E-state index >= 15 is 0 Å². The van der Waals surface area contributed by atoms with E-state index in [2.05, 4.69) is 24.0 Å². The normalized spacial score (nSPS) is 24.6. The van der Waals surface area contributed by atoms with Gasteiger partial charge in [-0.15, -0.1) is 0 Å². The number of hydrogen-bond donors (Lipinski definition) is 0. The van der Waals surface area contributed by atoms with Gasteiger partial charge in [-0.25, -0.2) is 0 Å². The summed E-state index contributed by atoms with van der Waals surface area (Å²) in [4.78, 5) is 7.15. The largest absolute Gasteiger partial charge is 0.381 e. The lowest BCUT2D eigenvalue weighted by Gasteiger charge is -2.38. The molecule has 2 aliphatic heterocycles. The SMILES string of the molecule is COC1CN(Cc2nc(C)ccc2C2CCOC2)C1. The summed E-state index contributed by atoms with van der Waals surface area (Å²) in [5.41, 5.74) is 3.70. The van der Waals surface area contributed by atoms with Crippen molar-refractivity contribution in [2.24, 2.45) is 0 Å². The first-order chi connectivity index (χ1) is 9.26. The molecule has 0 N–H and O–H groups in total. The van der Waals surface area contributed by atoms with Crippen LogP contribution in [0.25, 0.3) is 0 Å². The Morgan fingerprint density at radius 3 is 2.95 bits per heavy atom. The zero-order valence-corrected chi connectivity index (χ0v) is 11.8. The van der Waals surface area contributed by atoms with Crippen LogP contribution < -0.4 is 0 Å². The number of rotatable bonds is 4. The minimum absolute atomic E-state index is 0.406. The minimum atomic E-state index is 0.406. The van der Waals surface area contributed by atoms with Crippen molar-refractivity contribution >= 4 is 0 Å². The van der Waals surface area contributed by atoms with Crippen molar-refractivity contribution in [1.29, 1.82) is 0 Å². The van der Waals surface area contributed by atoms with Crippen molar-refractivity contribution in [3.05, 3.63) is 29.1 Å². The summed E-state index contributed by atoms with van der Waals surface area (Å²) in [6.07, 6.45) is 1.53. The topological polar surface area (TPSA) is 34.6 Å². The second-order valence-electron chi connectivity index (χ2n) is 5.60. The highest BCUT2D eigenvalue weighted by Gasteiger charge is 2.28. The van der Waals surface area contributed by atoms with Gasteiger partial charge in [0.25, 0.3) is 0 Å². The van der Waals surface area contributed by atoms with Crippen LogP contribution in [0.2, 0.25) is 0 Å². The average Bonchev–Trinajstić information content (AvgIpc) is 2.87. The summed E-state index contributed by atoms with van der Waals surface area (Å²) < 4.78 is 10.8. The Balaban J connectivity index is 1.73. The molecule has 2 saturated heterocycles. The summed E-state index contributed by atoms with van der Waals surface area (Å²) in [5, 5.41) is 0. The fourth-order valence-electron chi connectivity index (χ4n) is 2.91. The first-order valence-electron chi connectivity index (χ1n) is 7.05. The van der Waals surface area contributed by atoms with Gasteiger partial charge < -0.3 is 9.47 Å². The van der Waals surface area contributed by atoms with Gasteiger partial charge >= 0.3 is 0 Å². The molecule has 2 fully saturated rings. The van der Waals surface area contributed by atoms with E-state index in [1.165, 1.54) is 11.3 Å². The fraction of sp³-hybridized carbons (Fsp3) is 0.667. The van der Waals surface area contributed by atoms with Crippen molar-refractivity contribution < 1.29 is 9.47 Å². The standard InChI is InChI=1S/C15H22N2O2/c1-11-3-4-14(12-5-6-19-10-12)15(16-11)9-17-7-13(8-17)18-2/h3-4,12-13H,5-10H2,1-2H3. The van der Waals surface area contributed by atoms with Gasteiger partial charge in [-0.05, 0) is 25.0 Å². The zero-order valence-electron chi connectivity index (χ0n) is 11.8. The predicted octanol–water partition coefficient (Wildman–Crippen LogP) is 1.72. The number of hydrogen-bond acceptors (Lipinski definition) is 4. The molecule has 0 spiro atoms. The lowest BCUT2D eigenvalue weighted by atomic mass is 9.95. The maximum atomic E-state index is 5.52. The van der Waals surface area contributed by atoms with E-state index in [1.54, 1.807) is 7.11 Å². The maximum Gasteiger partial charge on any atom is 0.0825 e. The van der Waals surface area contributed by atoms with E-state index < -0.39 is 0 Å². The van der Waals surface area contributed by atoms with Crippen molar-refractivity contribution in [2.75, 3.05) is 33.4 Å². The molecule has 4 heteroatoms. The van der Waals surface area contributed by atoms with Crippen LogP contribution in [0.15, 0.2) is 12.1 Å². The first kappa shape index (κ1) is 13.0. The van der Waals surface area contributed by atoms with E-state index in [9.17, 15) is 0 Å². The molecule has 0 aromatic carbocycles. The van der Waals surface area contributed by atoms with Crippen molar-refractivity contribution in [1.82, 2.24) is 9.88 Å². The van der Waals surface area contributed by atoms with E-state index in [0.717, 1.165) is 45.0 Å². The lowest BCUT2D eigenvalue weighted by Crippen LogP contribution is -2.51.